The van der Waals surface area contributed by atoms with Crippen LogP contribution in [0.3, 0.4) is 0 Å². The maximum absolute atomic E-state index is 5.25. The fourth-order valence-corrected chi connectivity index (χ4v) is 2.72. The molecule has 2 heterocycles. The smallest absolute Gasteiger partial charge is 0.0559 e. The summed E-state index contributed by atoms with van der Waals surface area (Å²) in [4.78, 5) is 0. The maximum atomic E-state index is 5.25. The average Bonchev–Trinajstić information content (AvgIpc) is 2.70. The second kappa shape index (κ2) is 3.75. The van der Waals surface area contributed by atoms with E-state index in [0.29, 0.717) is 5.41 Å². The molecule has 3 rings (SSSR count). The molecule has 1 aliphatic rings. The van der Waals surface area contributed by atoms with E-state index in [1.807, 2.05) is 0 Å². The van der Waals surface area contributed by atoms with Crippen LogP contribution in [-0.2, 0) is 4.74 Å². The first-order valence-electron chi connectivity index (χ1n) is 5.54. The predicted octanol–water partition coefficient (Wildman–Crippen LogP) is 3.35. The van der Waals surface area contributed by atoms with E-state index in [4.69, 9.17) is 4.74 Å². The van der Waals surface area contributed by atoms with Gasteiger partial charge in [0.05, 0.1) is 13.2 Å². The van der Waals surface area contributed by atoms with Gasteiger partial charge in [-0.3, -0.25) is 0 Å². The molecule has 0 amide bonds. The second-order valence-electron chi connectivity index (χ2n) is 4.83. The molecule has 1 aromatic heterocycles. The van der Waals surface area contributed by atoms with E-state index in [2.05, 4.69) is 41.9 Å². The van der Waals surface area contributed by atoms with Gasteiger partial charge in [-0.25, -0.2) is 0 Å². The Balaban J connectivity index is 1.73. The first-order valence-corrected chi connectivity index (χ1v) is 6.42. The number of hydrogen-bond acceptors (Lipinski definition) is 3. The second-order valence-corrected chi connectivity index (χ2v) is 5.78. The highest BCUT2D eigenvalue weighted by molar-refractivity contribution is 7.17. The molecule has 0 aliphatic carbocycles. The van der Waals surface area contributed by atoms with Crippen LogP contribution >= 0.6 is 11.3 Å². The van der Waals surface area contributed by atoms with Crippen LogP contribution in [0.4, 0.5) is 5.69 Å². The number of rotatable bonds is 3. The fourth-order valence-electron chi connectivity index (χ4n) is 1.94. The molecule has 3 heteroatoms. The molecular formula is C13H15NOS. The topological polar surface area (TPSA) is 21.3 Å². The normalized spacial score (nSPS) is 18.3. The van der Waals surface area contributed by atoms with Crippen molar-refractivity contribution in [2.75, 3.05) is 25.1 Å². The van der Waals surface area contributed by atoms with Gasteiger partial charge < -0.3 is 10.1 Å². The molecule has 0 spiro atoms. The Kier molecular flexibility index (Phi) is 2.37. The van der Waals surface area contributed by atoms with E-state index in [0.717, 1.165) is 19.8 Å². The third-order valence-electron chi connectivity index (χ3n) is 3.07. The molecule has 16 heavy (non-hydrogen) atoms. The van der Waals surface area contributed by atoms with Crippen molar-refractivity contribution in [3.05, 3.63) is 29.6 Å². The van der Waals surface area contributed by atoms with Gasteiger partial charge in [0.2, 0.25) is 0 Å². The minimum absolute atomic E-state index is 0.323. The van der Waals surface area contributed by atoms with E-state index in [1.165, 1.54) is 15.8 Å². The van der Waals surface area contributed by atoms with Gasteiger partial charge >= 0.3 is 0 Å². The van der Waals surface area contributed by atoms with Crippen LogP contribution in [0.15, 0.2) is 29.6 Å². The van der Waals surface area contributed by atoms with Crippen molar-refractivity contribution >= 4 is 27.1 Å². The maximum Gasteiger partial charge on any atom is 0.0559 e. The van der Waals surface area contributed by atoms with Crippen molar-refractivity contribution < 1.29 is 4.74 Å². The number of anilines is 1. The third kappa shape index (κ3) is 1.81. The molecule has 0 atom stereocenters. The lowest BCUT2D eigenvalue weighted by Gasteiger charge is -2.38. The summed E-state index contributed by atoms with van der Waals surface area (Å²) in [7, 11) is 0. The Bertz CT molecular complexity index is 501. The van der Waals surface area contributed by atoms with Crippen LogP contribution in [0.25, 0.3) is 10.1 Å². The van der Waals surface area contributed by atoms with Gasteiger partial charge in [0.25, 0.3) is 0 Å². The minimum atomic E-state index is 0.323. The van der Waals surface area contributed by atoms with E-state index in [1.54, 1.807) is 11.3 Å². The highest BCUT2D eigenvalue weighted by Crippen LogP contribution is 2.28. The van der Waals surface area contributed by atoms with E-state index in [-0.39, 0.29) is 0 Å². The van der Waals surface area contributed by atoms with Crippen LogP contribution in [0.5, 0.6) is 0 Å². The molecule has 0 unspecified atom stereocenters. The SMILES string of the molecule is CC1(CNc2ccc3sccc3c2)COC1. The average molecular weight is 233 g/mol. The highest BCUT2D eigenvalue weighted by atomic mass is 32.1. The summed E-state index contributed by atoms with van der Waals surface area (Å²) in [6, 6.07) is 8.72. The molecule has 1 saturated heterocycles. The zero-order valence-corrected chi connectivity index (χ0v) is 10.1. The van der Waals surface area contributed by atoms with Gasteiger partial charge in [-0.15, -0.1) is 11.3 Å². The van der Waals surface area contributed by atoms with Gasteiger partial charge in [0.1, 0.15) is 0 Å². The molecule has 0 bridgehead atoms. The largest absolute Gasteiger partial charge is 0.384 e. The molecule has 1 aromatic carbocycles. The molecule has 1 N–H and O–H groups in total. The van der Waals surface area contributed by atoms with Crippen LogP contribution in [-0.4, -0.2) is 19.8 Å². The van der Waals surface area contributed by atoms with Crippen molar-refractivity contribution in [2.24, 2.45) is 5.41 Å². The lowest BCUT2D eigenvalue weighted by atomic mass is 9.89. The van der Waals surface area contributed by atoms with Crippen LogP contribution in [0, 0.1) is 5.41 Å². The summed E-state index contributed by atoms with van der Waals surface area (Å²) in [6.07, 6.45) is 0. The Morgan fingerprint density at radius 1 is 1.38 bits per heavy atom. The number of ether oxygens (including phenoxy) is 1. The number of nitrogens with one attached hydrogen (secondary N) is 1. The van der Waals surface area contributed by atoms with Gasteiger partial charge in [-0.1, -0.05) is 6.92 Å². The summed E-state index contributed by atoms with van der Waals surface area (Å²) in [5.41, 5.74) is 1.53. The fraction of sp³-hybridized carbons (Fsp3) is 0.385. The summed E-state index contributed by atoms with van der Waals surface area (Å²) >= 11 is 1.79. The zero-order valence-electron chi connectivity index (χ0n) is 9.32. The first kappa shape index (κ1) is 10.1. The summed E-state index contributed by atoms with van der Waals surface area (Å²) in [6.45, 7) is 5.00. The third-order valence-corrected chi connectivity index (χ3v) is 3.97. The van der Waals surface area contributed by atoms with Crippen molar-refractivity contribution in [3.63, 3.8) is 0 Å². The summed E-state index contributed by atoms with van der Waals surface area (Å²) in [5, 5.41) is 6.95. The molecule has 0 radical (unpaired) electrons. The molecule has 2 nitrogen and oxygen atoms in total. The van der Waals surface area contributed by atoms with Crippen molar-refractivity contribution in [2.45, 2.75) is 6.92 Å². The Morgan fingerprint density at radius 3 is 3.00 bits per heavy atom. The Morgan fingerprint density at radius 2 is 2.25 bits per heavy atom. The Labute approximate surface area is 99.2 Å². The van der Waals surface area contributed by atoms with Crippen molar-refractivity contribution in [1.82, 2.24) is 0 Å². The standard InChI is InChI=1S/C13H15NOS/c1-13(8-15-9-13)7-14-11-2-3-12-10(6-11)4-5-16-12/h2-6,14H,7-9H2,1H3. The molecule has 0 saturated carbocycles. The van der Waals surface area contributed by atoms with Crippen molar-refractivity contribution in [1.29, 1.82) is 0 Å². The van der Waals surface area contributed by atoms with Gasteiger partial charge in [0, 0.05) is 22.3 Å². The van der Waals surface area contributed by atoms with Gasteiger partial charge in [-0.05, 0) is 35.0 Å². The lowest BCUT2D eigenvalue weighted by Crippen LogP contribution is -2.45. The monoisotopic (exact) mass is 233 g/mol. The minimum Gasteiger partial charge on any atom is -0.384 e. The van der Waals surface area contributed by atoms with E-state index in [9.17, 15) is 0 Å². The summed E-state index contributed by atoms with van der Waals surface area (Å²) in [5.74, 6) is 0. The van der Waals surface area contributed by atoms with E-state index >= 15 is 0 Å². The molecule has 1 aliphatic heterocycles. The molecular weight excluding hydrogens is 218 g/mol. The quantitative estimate of drug-likeness (QED) is 0.877. The molecule has 1 fully saturated rings. The number of benzene rings is 1. The number of thiophene rings is 1. The molecule has 2 aromatic rings. The van der Waals surface area contributed by atoms with Gasteiger partial charge in [0.15, 0.2) is 0 Å². The Hall–Kier alpha value is -1.06. The predicted molar refractivity (Wildman–Crippen MR) is 69.2 cm³/mol. The zero-order chi connectivity index (χ0) is 11.0. The number of hydrogen-bond donors (Lipinski definition) is 1. The van der Waals surface area contributed by atoms with Crippen LogP contribution in [0.1, 0.15) is 6.92 Å². The van der Waals surface area contributed by atoms with E-state index < -0.39 is 0 Å². The van der Waals surface area contributed by atoms with Gasteiger partial charge in [-0.2, -0.15) is 0 Å². The summed E-state index contributed by atoms with van der Waals surface area (Å²) < 4.78 is 6.60. The lowest BCUT2D eigenvalue weighted by molar-refractivity contribution is -0.0924. The van der Waals surface area contributed by atoms with Crippen LogP contribution in [0.2, 0.25) is 0 Å². The highest BCUT2D eigenvalue weighted by Gasteiger charge is 2.32. The first-order chi connectivity index (χ1) is 7.75. The van der Waals surface area contributed by atoms with Crippen molar-refractivity contribution in [3.8, 4) is 0 Å². The molecule has 84 valence electrons. The van der Waals surface area contributed by atoms with Crippen LogP contribution < -0.4 is 5.32 Å². The number of fused-ring (bicyclic) bond motifs is 1.